The van der Waals surface area contributed by atoms with Gasteiger partial charge in [-0.3, -0.25) is 4.79 Å². The maximum absolute atomic E-state index is 11.7. The van der Waals surface area contributed by atoms with Gasteiger partial charge in [-0.25, -0.2) is 0 Å². The van der Waals surface area contributed by atoms with E-state index in [0.29, 0.717) is 6.42 Å². The Morgan fingerprint density at radius 1 is 1.47 bits per heavy atom. The molecule has 92 valence electrons. The van der Waals surface area contributed by atoms with Gasteiger partial charge in [-0.1, -0.05) is 42.4 Å². The topological polar surface area (TPSA) is 87.7 Å². The average Bonchev–Trinajstić information content (AvgIpc) is 2.36. The molecule has 0 radical (unpaired) electrons. The van der Waals surface area contributed by atoms with Crippen molar-refractivity contribution in [2.24, 2.45) is 10.9 Å². The monoisotopic (exact) mass is 235 g/mol. The van der Waals surface area contributed by atoms with Crippen LogP contribution in [0.2, 0.25) is 0 Å². The van der Waals surface area contributed by atoms with Gasteiger partial charge in [0.15, 0.2) is 5.84 Å². The minimum Gasteiger partial charge on any atom is -0.409 e. The Labute approximate surface area is 100 Å². The smallest absolute Gasteiger partial charge is 0.225 e. The molecule has 1 amide bonds. The van der Waals surface area contributed by atoms with Crippen molar-refractivity contribution in [2.75, 3.05) is 0 Å². The third-order valence-corrected chi connectivity index (χ3v) is 2.42. The summed E-state index contributed by atoms with van der Waals surface area (Å²) in [6.07, 6.45) is 0.868. The van der Waals surface area contributed by atoms with Crippen molar-refractivity contribution in [3.05, 3.63) is 35.9 Å². The van der Waals surface area contributed by atoms with Gasteiger partial charge in [0.05, 0.1) is 12.5 Å². The van der Waals surface area contributed by atoms with Crippen LogP contribution in [0.15, 0.2) is 35.5 Å². The summed E-state index contributed by atoms with van der Waals surface area (Å²) in [7, 11) is 0. The van der Waals surface area contributed by atoms with E-state index in [9.17, 15) is 4.79 Å². The van der Waals surface area contributed by atoms with E-state index in [4.69, 9.17) is 10.9 Å². The first-order chi connectivity index (χ1) is 8.17. The summed E-state index contributed by atoms with van der Waals surface area (Å²) in [6, 6.07) is 8.99. The molecule has 1 aromatic rings. The third-order valence-electron chi connectivity index (χ3n) is 2.42. The SMILES string of the molecule is CCC(NC(=O)Cc1ccccc1)/C(N)=N/O. The summed E-state index contributed by atoms with van der Waals surface area (Å²) in [5.74, 6) is -0.122. The van der Waals surface area contributed by atoms with E-state index in [1.54, 1.807) is 0 Å². The molecule has 1 aromatic carbocycles. The number of amides is 1. The van der Waals surface area contributed by atoms with Gasteiger partial charge in [0.25, 0.3) is 0 Å². The van der Waals surface area contributed by atoms with Crippen LogP contribution in [0.25, 0.3) is 0 Å². The lowest BCUT2D eigenvalue weighted by atomic mass is 10.1. The number of oxime groups is 1. The van der Waals surface area contributed by atoms with E-state index in [-0.39, 0.29) is 18.2 Å². The molecule has 0 aliphatic carbocycles. The second-order valence-corrected chi connectivity index (χ2v) is 3.72. The fraction of sp³-hybridized carbons (Fsp3) is 0.333. The van der Waals surface area contributed by atoms with E-state index in [1.165, 1.54) is 0 Å². The highest BCUT2D eigenvalue weighted by molar-refractivity contribution is 5.90. The molecule has 0 saturated heterocycles. The lowest BCUT2D eigenvalue weighted by Crippen LogP contribution is -2.44. The first kappa shape index (κ1) is 13.0. The number of nitrogens with one attached hydrogen (secondary N) is 1. The number of nitrogens with zero attached hydrogens (tertiary/aromatic N) is 1. The molecular weight excluding hydrogens is 218 g/mol. The first-order valence-electron chi connectivity index (χ1n) is 5.48. The molecule has 1 rings (SSSR count). The van der Waals surface area contributed by atoms with Crippen LogP contribution >= 0.6 is 0 Å². The second-order valence-electron chi connectivity index (χ2n) is 3.72. The summed E-state index contributed by atoms with van der Waals surface area (Å²) < 4.78 is 0. The largest absolute Gasteiger partial charge is 0.409 e. The van der Waals surface area contributed by atoms with Crippen LogP contribution in [-0.4, -0.2) is 23.0 Å². The highest BCUT2D eigenvalue weighted by Gasteiger charge is 2.14. The highest BCUT2D eigenvalue weighted by Crippen LogP contribution is 2.00. The zero-order valence-electron chi connectivity index (χ0n) is 9.76. The van der Waals surface area contributed by atoms with Crippen molar-refractivity contribution in [1.29, 1.82) is 0 Å². The van der Waals surface area contributed by atoms with Gasteiger partial charge < -0.3 is 16.3 Å². The Bertz CT molecular complexity index is 390. The number of benzene rings is 1. The van der Waals surface area contributed by atoms with Crippen LogP contribution in [0.1, 0.15) is 18.9 Å². The number of hydrogen-bond donors (Lipinski definition) is 3. The van der Waals surface area contributed by atoms with Gasteiger partial charge in [-0.15, -0.1) is 0 Å². The van der Waals surface area contributed by atoms with Gasteiger partial charge in [0.1, 0.15) is 0 Å². The molecule has 5 heteroatoms. The Morgan fingerprint density at radius 3 is 2.65 bits per heavy atom. The molecule has 0 heterocycles. The average molecular weight is 235 g/mol. The van der Waals surface area contributed by atoms with E-state index in [0.717, 1.165) is 5.56 Å². The number of carbonyl (C=O) groups is 1. The lowest BCUT2D eigenvalue weighted by Gasteiger charge is -2.15. The predicted octanol–water partition coefficient (Wildman–Crippen LogP) is 0.870. The quantitative estimate of drug-likeness (QED) is 0.306. The zero-order chi connectivity index (χ0) is 12.7. The van der Waals surface area contributed by atoms with Crippen molar-refractivity contribution in [3.8, 4) is 0 Å². The maximum atomic E-state index is 11.7. The normalized spacial score (nSPS) is 13.1. The van der Waals surface area contributed by atoms with Crippen LogP contribution in [0.3, 0.4) is 0 Å². The van der Waals surface area contributed by atoms with Gasteiger partial charge in [0.2, 0.25) is 5.91 Å². The summed E-state index contributed by atoms with van der Waals surface area (Å²) in [4.78, 5) is 11.7. The molecule has 0 aliphatic rings. The van der Waals surface area contributed by atoms with Gasteiger partial charge in [0, 0.05) is 0 Å². The Morgan fingerprint density at radius 2 is 2.12 bits per heavy atom. The van der Waals surface area contributed by atoms with E-state index < -0.39 is 6.04 Å². The molecule has 0 saturated carbocycles. The van der Waals surface area contributed by atoms with E-state index in [2.05, 4.69) is 10.5 Å². The first-order valence-corrected chi connectivity index (χ1v) is 5.48. The van der Waals surface area contributed by atoms with Crippen molar-refractivity contribution in [2.45, 2.75) is 25.8 Å². The molecule has 1 atom stereocenters. The summed E-state index contributed by atoms with van der Waals surface area (Å²) >= 11 is 0. The summed E-state index contributed by atoms with van der Waals surface area (Å²) in [5, 5.41) is 14.2. The molecule has 0 spiro atoms. The minimum atomic E-state index is -0.420. The summed E-state index contributed by atoms with van der Waals surface area (Å²) in [5.41, 5.74) is 6.38. The van der Waals surface area contributed by atoms with Crippen molar-refractivity contribution in [3.63, 3.8) is 0 Å². The molecule has 0 aliphatic heterocycles. The molecule has 1 unspecified atom stereocenters. The van der Waals surface area contributed by atoms with E-state index in [1.807, 2.05) is 37.3 Å². The van der Waals surface area contributed by atoms with Crippen LogP contribution in [0, 0.1) is 0 Å². The highest BCUT2D eigenvalue weighted by atomic mass is 16.4. The van der Waals surface area contributed by atoms with Crippen molar-refractivity contribution in [1.82, 2.24) is 5.32 Å². The maximum Gasteiger partial charge on any atom is 0.225 e. The van der Waals surface area contributed by atoms with E-state index >= 15 is 0 Å². The molecule has 0 bridgehead atoms. The van der Waals surface area contributed by atoms with Crippen LogP contribution in [0.5, 0.6) is 0 Å². The fourth-order valence-electron chi connectivity index (χ4n) is 1.48. The number of carbonyl (C=O) groups excluding carboxylic acids is 1. The number of rotatable bonds is 5. The number of nitrogens with two attached hydrogens (primary N) is 1. The number of hydrogen-bond acceptors (Lipinski definition) is 3. The lowest BCUT2D eigenvalue weighted by molar-refractivity contribution is -0.120. The summed E-state index contributed by atoms with van der Waals surface area (Å²) in [6.45, 7) is 1.85. The minimum absolute atomic E-state index is 0.0221. The van der Waals surface area contributed by atoms with Gasteiger partial charge in [-0.2, -0.15) is 0 Å². The zero-order valence-corrected chi connectivity index (χ0v) is 9.76. The molecule has 0 aromatic heterocycles. The van der Waals surface area contributed by atoms with Crippen molar-refractivity contribution < 1.29 is 10.0 Å². The molecule has 0 fully saturated rings. The molecular formula is C12H17N3O2. The fourth-order valence-corrected chi connectivity index (χ4v) is 1.48. The van der Waals surface area contributed by atoms with Crippen LogP contribution in [-0.2, 0) is 11.2 Å². The number of amidine groups is 1. The third kappa shape index (κ3) is 4.14. The Hall–Kier alpha value is -2.04. The van der Waals surface area contributed by atoms with Gasteiger partial charge in [-0.05, 0) is 12.0 Å². The van der Waals surface area contributed by atoms with Crippen LogP contribution in [0.4, 0.5) is 0 Å². The Balaban J connectivity index is 2.55. The molecule has 5 nitrogen and oxygen atoms in total. The second kappa shape index (κ2) is 6.52. The standard InChI is InChI=1S/C12H17N3O2/c1-2-10(12(13)15-17)14-11(16)8-9-6-4-3-5-7-9/h3-7,10,17H,2,8H2,1H3,(H2,13,15)(H,14,16). The molecule has 4 N–H and O–H groups in total. The Kier molecular flexibility index (Phi) is 5.00. The molecule has 17 heavy (non-hydrogen) atoms. The van der Waals surface area contributed by atoms with Crippen molar-refractivity contribution >= 4 is 11.7 Å². The predicted molar refractivity (Wildman–Crippen MR) is 65.8 cm³/mol. The van der Waals surface area contributed by atoms with Gasteiger partial charge >= 0.3 is 0 Å². The van der Waals surface area contributed by atoms with Crippen LogP contribution < -0.4 is 11.1 Å².